The Hall–Kier alpha value is -2.62. The second kappa shape index (κ2) is 4.00. The van der Waals surface area contributed by atoms with Crippen molar-refractivity contribution in [2.24, 2.45) is 5.73 Å². The highest BCUT2D eigenvalue weighted by molar-refractivity contribution is 6.05. The van der Waals surface area contributed by atoms with Gasteiger partial charge in [-0.2, -0.15) is 0 Å². The highest BCUT2D eigenvalue weighted by Crippen LogP contribution is 2.23. The van der Waals surface area contributed by atoms with Crippen LogP contribution >= 0.6 is 0 Å². The van der Waals surface area contributed by atoms with E-state index in [0.29, 0.717) is 11.1 Å². The fraction of sp³-hybridized carbons (Fsp3) is 0. The SMILES string of the molecule is NC(=O)c1cc(-c2ccccc2)nc2cc[nH]c12. The number of nitrogens with one attached hydrogen (secondary N) is 1. The number of pyridine rings is 1. The minimum Gasteiger partial charge on any atom is -0.366 e. The van der Waals surface area contributed by atoms with Crippen molar-refractivity contribution >= 4 is 16.9 Å². The quantitative estimate of drug-likeness (QED) is 0.718. The van der Waals surface area contributed by atoms with Crippen LogP contribution in [0, 0.1) is 0 Å². The molecule has 2 aromatic heterocycles. The Morgan fingerprint density at radius 3 is 2.67 bits per heavy atom. The first-order valence-electron chi connectivity index (χ1n) is 5.59. The maximum atomic E-state index is 11.5. The van der Waals surface area contributed by atoms with Crippen LogP contribution in [0.5, 0.6) is 0 Å². The lowest BCUT2D eigenvalue weighted by molar-refractivity contribution is 0.100. The Morgan fingerprint density at radius 1 is 1.17 bits per heavy atom. The number of hydrogen-bond acceptors (Lipinski definition) is 2. The molecule has 3 rings (SSSR count). The summed E-state index contributed by atoms with van der Waals surface area (Å²) in [5.41, 5.74) is 8.99. The molecular weight excluding hydrogens is 226 g/mol. The molecule has 88 valence electrons. The minimum absolute atomic E-state index is 0.456. The van der Waals surface area contributed by atoms with Crippen molar-refractivity contribution in [1.82, 2.24) is 9.97 Å². The average Bonchev–Trinajstić information content (AvgIpc) is 2.86. The Kier molecular flexibility index (Phi) is 2.34. The van der Waals surface area contributed by atoms with Crippen LogP contribution < -0.4 is 5.73 Å². The monoisotopic (exact) mass is 237 g/mol. The molecule has 3 aromatic rings. The number of fused-ring (bicyclic) bond motifs is 1. The predicted octanol–water partition coefficient (Wildman–Crippen LogP) is 2.33. The number of hydrogen-bond donors (Lipinski definition) is 2. The molecule has 4 nitrogen and oxygen atoms in total. The molecule has 0 bridgehead atoms. The third-order valence-corrected chi connectivity index (χ3v) is 2.85. The number of amides is 1. The fourth-order valence-electron chi connectivity index (χ4n) is 1.99. The first-order valence-corrected chi connectivity index (χ1v) is 5.59. The van der Waals surface area contributed by atoms with E-state index in [1.807, 2.05) is 36.4 Å². The van der Waals surface area contributed by atoms with Crippen LogP contribution in [-0.2, 0) is 0 Å². The second-order valence-electron chi connectivity index (χ2n) is 4.02. The maximum Gasteiger partial charge on any atom is 0.250 e. The minimum atomic E-state index is -0.456. The van der Waals surface area contributed by atoms with Crippen LogP contribution in [0.25, 0.3) is 22.3 Å². The van der Waals surface area contributed by atoms with E-state index < -0.39 is 5.91 Å². The zero-order valence-electron chi connectivity index (χ0n) is 9.55. The molecule has 2 heterocycles. The predicted molar refractivity (Wildman–Crippen MR) is 70.0 cm³/mol. The number of aromatic amines is 1. The van der Waals surface area contributed by atoms with Crippen LogP contribution in [0.15, 0.2) is 48.7 Å². The second-order valence-corrected chi connectivity index (χ2v) is 4.02. The smallest absolute Gasteiger partial charge is 0.250 e. The number of rotatable bonds is 2. The lowest BCUT2D eigenvalue weighted by Gasteiger charge is -2.04. The van der Waals surface area contributed by atoms with Crippen LogP contribution in [0.3, 0.4) is 0 Å². The van der Waals surface area contributed by atoms with Gasteiger partial charge in [0.15, 0.2) is 0 Å². The van der Waals surface area contributed by atoms with Gasteiger partial charge in [-0.15, -0.1) is 0 Å². The Labute approximate surface area is 103 Å². The third kappa shape index (κ3) is 1.64. The molecular formula is C14H11N3O. The summed E-state index contributed by atoms with van der Waals surface area (Å²) in [6.45, 7) is 0. The van der Waals surface area contributed by atoms with E-state index in [2.05, 4.69) is 9.97 Å². The van der Waals surface area contributed by atoms with Gasteiger partial charge in [-0.1, -0.05) is 30.3 Å². The average molecular weight is 237 g/mol. The molecule has 1 aromatic carbocycles. The van der Waals surface area contributed by atoms with E-state index in [0.717, 1.165) is 16.8 Å². The number of carbonyl (C=O) groups excluding carboxylic acids is 1. The van der Waals surface area contributed by atoms with Crippen molar-refractivity contribution in [3.63, 3.8) is 0 Å². The summed E-state index contributed by atoms with van der Waals surface area (Å²) in [5.74, 6) is -0.456. The number of H-pyrrole nitrogens is 1. The van der Waals surface area contributed by atoms with E-state index >= 15 is 0 Å². The Balaban J connectivity index is 2.29. The summed E-state index contributed by atoms with van der Waals surface area (Å²) in [5, 5.41) is 0. The number of aromatic nitrogens is 2. The van der Waals surface area contributed by atoms with Crippen LogP contribution in [0.4, 0.5) is 0 Å². The molecule has 18 heavy (non-hydrogen) atoms. The van der Waals surface area contributed by atoms with E-state index in [-0.39, 0.29) is 0 Å². The lowest BCUT2D eigenvalue weighted by Crippen LogP contribution is -2.12. The van der Waals surface area contributed by atoms with Gasteiger partial charge in [0.2, 0.25) is 0 Å². The number of primary amides is 1. The standard InChI is InChI=1S/C14H11N3O/c15-14(18)10-8-12(9-4-2-1-3-5-9)17-11-6-7-16-13(10)11/h1-8,16H,(H2,15,18). The van der Waals surface area contributed by atoms with Gasteiger partial charge in [-0.25, -0.2) is 4.98 Å². The number of nitrogens with two attached hydrogens (primary N) is 1. The van der Waals surface area contributed by atoms with Crippen molar-refractivity contribution in [1.29, 1.82) is 0 Å². The van der Waals surface area contributed by atoms with Gasteiger partial charge >= 0.3 is 0 Å². The Morgan fingerprint density at radius 2 is 1.94 bits per heavy atom. The molecule has 0 atom stereocenters. The summed E-state index contributed by atoms with van der Waals surface area (Å²) in [4.78, 5) is 19.0. The van der Waals surface area contributed by atoms with Gasteiger partial charge in [0.25, 0.3) is 5.91 Å². The van der Waals surface area contributed by atoms with Gasteiger partial charge in [-0.3, -0.25) is 4.79 Å². The van der Waals surface area contributed by atoms with Gasteiger partial charge in [0.05, 0.1) is 22.3 Å². The Bertz CT molecular complexity index is 716. The largest absolute Gasteiger partial charge is 0.366 e. The topological polar surface area (TPSA) is 71.8 Å². The van der Waals surface area contributed by atoms with Gasteiger partial charge in [0, 0.05) is 11.8 Å². The molecule has 0 radical (unpaired) electrons. The van der Waals surface area contributed by atoms with E-state index in [1.165, 1.54) is 0 Å². The van der Waals surface area contributed by atoms with Crippen molar-refractivity contribution < 1.29 is 4.79 Å². The molecule has 4 heteroatoms. The summed E-state index contributed by atoms with van der Waals surface area (Å²) in [7, 11) is 0. The zero-order valence-corrected chi connectivity index (χ0v) is 9.55. The lowest BCUT2D eigenvalue weighted by atomic mass is 10.1. The number of carbonyl (C=O) groups is 1. The van der Waals surface area contributed by atoms with Gasteiger partial charge in [-0.05, 0) is 12.1 Å². The summed E-state index contributed by atoms with van der Waals surface area (Å²) in [6.07, 6.45) is 1.75. The van der Waals surface area contributed by atoms with Crippen molar-refractivity contribution in [2.45, 2.75) is 0 Å². The highest BCUT2D eigenvalue weighted by Gasteiger charge is 2.11. The molecule has 0 aliphatic rings. The molecule has 0 aliphatic heterocycles. The molecule has 0 aliphatic carbocycles. The first-order chi connectivity index (χ1) is 8.75. The molecule has 3 N–H and O–H groups in total. The van der Waals surface area contributed by atoms with E-state index in [1.54, 1.807) is 12.3 Å². The molecule has 0 unspecified atom stereocenters. The maximum absolute atomic E-state index is 11.5. The van der Waals surface area contributed by atoms with Gasteiger partial charge in [0.1, 0.15) is 0 Å². The van der Waals surface area contributed by atoms with E-state index in [4.69, 9.17) is 5.73 Å². The zero-order chi connectivity index (χ0) is 12.5. The van der Waals surface area contributed by atoms with Crippen molar-refractivity contribution in [3.05, 3.63) is 54.2 Å². The van der Waals surface area contributed by atoms with E-state index in [9.17, 15) is 4.79 Å². The molecule has 0 saturated carbocycles. The van der Waals surface area contributed by atoms with Crippen LogP contribution in [0.1, 0.15) is 10.4 Å². The normalized spacial score (nSPS) is 10.7. The van der Waals surface area contributed by atoms with Crippen molar-refractivity contribution in [3.8, 4) is 11.3 Å². The highest BCUT2D eigenvalue weighted by atomic mass is 16.1. The summed E-state index contributed by atoms with van der Waals surface area (Å²) in [6, 6.07) is 13.2. The summed E-state index contributed by atoms with van der Waals surface area (Å²) < 4.78 is 0. The third-order valence-electron chi connectivity index (χ3n) is 2.85. The van der Waals surface area contributed by atoms with Crippen LogP contribution in [-0.4, -0.2) is 15.9 Å². The number of nitrogens with zero attached hydrogens (tertiary/aromatic N) is 1. The molecule has 0 saturated heterocycles. The van der Waals surface area contributed by atoms with Gasteiger partial charge < -0.3 is 10.7 Å². The molecule has 0 fully saturated rings. The van der Waals surface area contributed by atoms with Crippen LogP contribution in [0.2, 0.25) is 0 Å². The molecule has 0 spiro atoms. The van der Waals surface area contributed by atoms with Crippen molar-refractivity contribution in [2.75, 3.05) is 0 Å². The number of benzene rings is 1. The molecule has 1 amide bonds. The first kappa shape index (κ1) is 10.5. The fourth-order valence-corrected chi connectivity index (χ4v) is 1.99. The summed E-state index contributed by atoms with van der Waals surface area (Å²) >= 11 is 0.